The molecule has 0 aliphatic rings. The molecule has 220 valence electrons. The van der Waals surface area contributed by atoms with Crippen molar-refractivity contribution in [3.05, 3.63) is 0 Å². The Hall–Kier alpha value is -1.03. The minimum absolute atomic E-state index is 0.187. The number of phosphoric ester groups is 1. The van der Waals surface area contributed by atoms with Crippen LogP contribution in [0.5, 0.6) is 0 Å². The van der Waals surface area contributed by atoms with Gasteiger partial charge in [-0.3, -0.25) is 18.6 Å². The summed E-state index contributed by atoms with van der Waals surface area (Å²) in [5, 5.41) is 18.8. The zero-order chi connectivity index (χ0) is 27.8. The molecule has 0 amide bonds. The lowest BCUT2D eigenvalue weighted by molar-refractivity contribution is -0.153. The number of carbonyl (C=O) groups is 2. The minimum Gasteiger partial charge on any atom is -0.457 e. The maximum atomic E-state index is 12.1. The SMILES string of the molecule is CCCCCCCCCCCCC(=O)OC(CO)COP(=O)(O)OCC(CO)OC(=O)CCCCCC. The van der Waals surface area contributed by atoms with Gasteiger partial charge in [0.1, 0.15) is 12.2 Å². The van der Waals surface area contributed by atoms with Crippen LogP contribution in [0.25, 0.3) is 0 Å². The lowest BCUT2D eigenvalue weighted by Gasteiger charge is -2.20. The first-order chi connectivity index (χ1) is 17.8. The van der Waals surface area contributed by atoms with E-state index in [0.29, 0.717) is 12.8 Å². The summed E-state index contributed by atoms with van der Waals surface area (Å²) in [6, 6.07) is 0. The van der Waals surface area contributed by atoms with Crippen LogP contribution in [0, 0.1) is 0 Å². The summed E-state index contributed by atoms with van der Waals surface area (Å²) >= 11 is 0. The Morgan fingerprint density at radius 1 is 0.622 bits per heavy atom. The van der Waals surface area contributed by atoms with Crippen molar-refractivity contribution in [1.29, 1.82) is 0 Å². The molecule has 0 spiro atoms. The zero-order valence-corrected chi connectivity index (χ0v) is 23.8. The highest BCUT2D eigenvalue weighted by molar-refractivity contribution is 7.47. The Balaban J connectivity index is 4.10. The molecule has 0 aromatic carbocycles. The van der Waals surface area contributed by atoms with Crippen LogP contribution in [0.2, 0.25) is 0 Å². The average molecular weight is 555 g/mol. The van der Waals surface area contributed by atoms with Gasteiger partial charge in [0.05, 0.1) is 26.4 Å². The molecule has 0 bridgehead atoms. The zero-order valence-electron chi connectivity index (χ0n) is 22.9. The number of aliphatic hydroxyl groups is 2. The van der Waals surface area contributed by atoms with E-state index in [1.807, 2.05) is 0 Å². The summed E-state index contributed by atoms with van der Waals surface area (Å²) < 4.78 is 31.9. The summed E-state index contributed by atoms with van der Waals surface area (Å²) in [7, 11) is -4.59. The first-order valence-electron chi connectivity index (χ1n) is 14.0. The van der Waals surface area contributed by atoms with Crippen molar-refractivity contribution < 1.29 is 47.8 Å². The van der Waals surface area contributed by atoms with E-state index >= 15 is 0 Å². The lowest BCUT2D eigenvalue weighted by atomic mass is 10.1. The van der Waals surface area contributed by atoms with Crippen molar-refractivity contribution in [2.75, 3.05) is 26.4 Å². The minimum atomic E-state index is -4.59. The standard InChI is InChI=1S/C26H51O10P/c1-3-5-7-9-10-11-12-13-14-16-18-26(30)36-24(20-28)22-34-37(31,32)33-21-23(19-27)35-25(29)17-15-8-6-4-2/h23-24,27-28H,3-22H2,1-2H3,(H,31,32). The third-order valence-electron chi connectivity index (χ3n) is 5.82. The van der Waals surface area contributed by atoms with E-state index in [2.05, 4.69) is 13.8 Å². The molecular weight excluding hydrogens is 503 g/mol. The van der Waals surface area contributed by atoms with Crippen molar-refractivity contribution in [2.24, 2.45) is 0 Å². The van der Waals surface area contributed by atoms with Crippen molar-refractivity contribution >= 4 is 19.8 Å². The van der Waals surface area contributed by atoms with Gasteiger partial charge in [0, 0.05) is 12.8 Å². The Bertz CT molecular complexity index is 616. The normalized spacial score (nSPS) is 14.6. The highest BCUT2D eigenvalue weighted by atomic mass is 31.2. The van der Waals surface area contributed by atoms with E-state index in [4.69, 9.17) is 18.5 Å². The van der Waals surface area contributed by atoms with Gasteiger partial charge >= 0.3 is 19.8 Å². The van der Waals surface area contributed by atoms with E-state index in [1.165, 1.54) is 38.5 Å². The van der Waals surface area contributed by atoms with Gasteiger partial charge in [-0.25, -0.2) is 4.57 Å². The van der Waals surface area contributed by atoms with Crippen molar-refractivity contribution in [3.8, 4) is 0 Å². The molecule has 0 heterocycles. The van der Waals surface area contributed by atoms with E-state index in [0.717, 1.165) is 38.5 Å². The molecule has 0 radical (unpaired) electrons. The molecular formula is C26H51O10P. The topological polar surface area (TPSA) is 149 Å². The molecule has 0 aromatic rings. The van der Waals surface area contributed by atoms with Gasteiger partial charge in [-0.2, -0.15) is 0 Å². The largest absolute Gasteiger partial charge is 0.472 e. The number of carbonyl (C=O) groups excluding carboxylic acids is 2. The number of hydrogen-bond donors (Lipinski definition) is 3. The van der Waals surface area contributed by atoms with Crippen LogP contribution >= 0.6 is 7.82 Å². The Morgan fingerprint density at radius 3 is 1.30 bits per heavy atom. The predicted octanol–water partition coefficient (Wildman–Crippen LogP) is 5.21. The monoisotopic (exact) mass is 554 g/mol. The molecule has 37 heavy (non-hydrogen) atoms. The van der Waals surface area contributed by atoms with Gasteiger partial charge in [0.15, 0.2) is 0 Å². The highest BCUT2D eigenvalue weighted by Crippen LogP contribution is 2.43. The number of ether oxygens (including phenoxy) is 2. The fraction of sp³-hybridized carbons (Fsp3) is 0.923. The fourth-order valence-electron chi connectivity index (χ4n) is 3.58. The smallest absolute Gasteiger partial charge is 0.457 e. The molecule has 11 heteroatoms. The Morgan fingerprint density at radius 2 is 0.946 bits per heavy atom. The quantitative estimate of drug-likeness (QED) is 0.0739. The van der Waals surface area contributed by atoms with Gasteiger partial charge in [0.2, 0.25) is 0 Å². The predicted molar refractivity (Wildman–Crippen MR) is 141 cm³/mol. The van der Waals surface area contributed by atoms with Crippen LogP contribution in [0.1, 0.15) is 117 Å². The number of unbranched alkanes of at least 4 members (excludes halogenated alkanes) is 12. The third-order valence-corrected chi connectivity index (χ3v) is 6.77. The second-order valence-electron chi connectivity index (χ2n) is 9.39. The Kier molecular flexibility index (Phi) is 23.4. The number of hydrogen-bond acceptors (Lipinski definition) is 9. The Labute approximate surface area is 223 Å². The van der Waals surface area contributed by atoms with Crippen LogP contribution in [-0.4, -0.2) is 65.7 Å². The lowest BCUT2D eigenvalue weighted by Crippen LogP contribution is -2.28. The number of phosphoric acid groups is 1. The molecule has 0 aliphatic carbocycles. The number of esters is 2. The molecule has 3 atom stereocenters. The van der Waals surface area contributed by atoms with Crippen LogP contribution in [0.4, 0.5) is 0 Å². The van der Waals surface area contributed by atoms with Gasteiger partial charge in [-0.1, -0.05) is 90.9 Å². The third kappa shape index (κ3) is 22.6. The van der Waals surface area contributed by atoms with Crippen molar-refractivity contribution in [3.63, 3.8) is 0 Å². The maximum Gasteiger partial charge on any atom is 0.472 e. The second-order valence-corrected chi connectivity index (χ2v) is 10.8. The summed E-state index contributed by atoms with van der Waals surface area (Å²) in [6.07, 6.45) is 13.1. The second kappa shape index (κ2) is 24.0. The van der Waals surface area contributed by atoms with E-state index in [-0.39, 0.29) is 12.8 Å². The molecule has 0 saturated carbocycles. The van der Waals surface area contributed by atoms with Crippen molar-refractivity contribution in [1.82, 2.24) is 0 Å². The van der Waals surface area contributed by atoms with Crippen LogP contribution in [0.15, 0.2) is 0 Å². The molecule has 0 aromatic heterocycles. The van der Waals surface area contributed by atoms with Crippen molar-refractivity contribution in [2.45, 2.75) is 129 Å². The molecule has 0 aliphatic heterocycles. The fourth-order valence-corrected chi connectivity index (χ4v) is 4.37. The average Bonchev–Trinajstić information content (AvgIpc) is 2.88. The molecule has 0 saturated heterocycles. The highest BCUT2D eigenvalue weighted by Gasteiger charge is 2.27. The molecule has 0 rings (SSSR count). The summed E-state index contributed by atoms with van der Waals surface area (Å²) in [5.74, 6) is -1.04. The number of aliphatic hydroxyl groups excluding tert-OH is 2. The van der Waals surface area contributed by atoms with Gasteiger partial charge in [0.25, 0.3) is 0 Å². The molecule has 3 N–H and O–H groups in total. The summed E-state index contributed by atoms with van der Waals surface area (Å²) in [6.45, 7) is 1.99. The summed E-state index contributed by atoms with van der Waals surface area (Å²) in [5.41, 5.74) is 0. The van der Waals surface area contributed by atoms with Gasteiger partial charge < -0.3 is 24.6 Å². The number of rotatable bonds is 26. The van der Waals surface area contributed by atoms with Gasteiger partial charge in [-0.05, 0) is 12.8 Å². The maximum absolute atomic E-state index is 12.1. The summed E-state index contributed by atoms with van der Waals surface area (Å²) in [4.78, 5) is 33.7. The van der Waals surface area contributed by atoms with E-state index in [1.54, 1.807) is 0 Å². The van der Waals surface area contributed by atoms with Crippen LogP contribution in [-0.2, 0) is 32.7 Å². The van der Waals surface area contributed by atoms with E-state index < -0.39 is 58.4 Å². The molecule has 10 nitrogen and oxygen atoms in total. The molecule has 3 unspecified atom stereocenters. The van der Waals surface area contributed by atoms with E-state index in [9.17, 15) is 29.3 Å². The van der Waals surface area contributed by atoms with Gasteiger partial charge in [-0.15, -0.1) is 0 Å². The molecule has 0 fully saturated rings. The van der Waals surface area contributed by atoms with Crippen LogP contribution < -0.4 is 0 Å². The van der Waals surface area contributed by atoms with Crippen LogP contribution in [0.3, 0.4) is 0 Å². The first-order valence-corrected chi connectivity index (χ1v) is 15.5. The first kappa shape index (κ1) is 36.0.